The SMILES string of the molecule is CC(C)OC(=O)c1c(NC(=O)c2cc(-c3ccc4c(c3)OCO4)nc3ccccc23)sc2c1CCCCCCCCCC2. The number of nitrogens with one attached hydrogen (secondary N) is 1. The van der Waals surface area contributed by atoms with E-state index < -0.39 is 0 Å². The van der Waals surface area contributed by atoms with E-state index >= 15 is 0 Å². The van der Waals surface area contributed by atoms with E-state index in [1.807, 2.05) is 62.4 Å². The number of hydrogen-bond acceptors (Lipinski definition) is 7. The van der Waals surface area contributed by atoms with Crippen molar-refractivity contribution >= 4 is 39.1 Å². The normalized spacial score (nSPS) is 15.4. The molecule has 2 aliphatic rings. The van der Waals surface area contributed by atoms with E-state index in [2.05, 4.69) is 5.32 Å². The van der Waals surface area contributed by atoms with Crippen molar-refractivity contribution in [2.75, 3.05) is 12.1 Å². The Kier molecular flexibility index (Phi) is 8.93. The largest absolute Gasteiger partial charge is 0.459 e. The number of nitrogens with zero attached hydrogens (tertiary/aromatic N) is 1. The number of carbonyl (C=O) groups is 2. The molecule has 0 saturated heterocycles. The summed E-state index contributed by atoms with van der Waals surface area (Å²) >= 11 is 1.53. The maximum atomic E-state index is 14.1. The highest BCUT2D eigenvalue weighted by Gasteiger charge is 2.27. The predicted molar refractivity (Wildman–Crippen MR) is 170 cm³/mol. The van der Waals surface area contributed by atoms with Gasteiger partial charge in [0, 0.05) is 15.8 Å². The number of esters is 1. The van der Waals surface area contributed by atoms with Crippen LogP contribution in [0.15, 0.2) is 48.5 Å². The van der Waals surface area contributed by atoms with Gasteiger partial charge in [-0.05, 0) is 75.4 Å². The zero-order valence-corrected chi connectivity index (χ0v) is 25.7. The molecule has 1 aliphatic heterocycles. The number of carbonyl (C=O) groups excluding carboxylic acids is 2. The third-order valence-corrected chi connectivity index (χ3v) is 9.28. The van der Waals surface area contributed by atoms with Crippen LogP contribution < -0.4 is 14.8 Å². The molecule has 1 N–H and O–H groups in total. The summed E-state index contributed by atoms with van der Waals surface area (Å²) in [6.45, 7) is 3.90. The number of aromatic nitrogens is 1. The van der Waals surface area contributed by atoms with Crippen LogP contribution in [-0.2, 0) is 17.6 Å². The topological polar surface area (TPSA) is 86.8 Å². The molecule has 1 aliphatic carbocycles. The number of hydrogen-bond donors (Lipinski definition) is 1. The Hall–Kier alpha value is -3.91. The van der Waals surface area contributed by atoms with Crippen molar-refractivity contribution in [3.8, 4) is 22.8 Å². The summed E-state index contributed by atoms with van der Waals surface area (Å²) < 4.78 is 16.8. The fourth-order valence-corrected chi connectivity index (χ4v) is 7.21. The zero-order chi connectivity index (χ0) is 29.8. The van der Waals surface area contributed by atoms with E-state index in [9.17, 15) is 9.59 Å². The first-order valence-corrected chi connectivity index (χ1v) is 16.3. The van der Waals surface area contributed by atoms with Crippen molar-refractivity contribution in [2.45, 2.75) is 84.2 Å². The van der Waals surface area contributed by atoms with Gasteiger partial charge in [-0.15, -0.1) is 11.3 Å². The summed E-state index contributed by atoms with van der Waals surface area (Å²) in [5.74, 6) is 0.696. The number of ether oxygens (including phenoxy) is 3. The summed E-state index contributed by atoms with van der Waals surface area (Å²) in [6.07, 6.45) is 10.9. The van der Waals surface area contributed by atoms with Crippen LogP contribution in [0.3, 0.4) is 0 Å². The number of fused-ring (bicyclic) bond motifs is 3. The first kappa shape index (κ1) is 29.2. The zero-order valence-electron chi connectivity index (χ0n) is 24.9. The number of aryl methyl sites for hydroxylation is 1. The summed E-state index contributed by atoms with van der Waals surface area (Å²) in [7, 11) is 0. The van der Waals surface area contributed by atoms with Gasteiger partial charge in [0.15, 0.2) is 11.5 Å². The molecule has 0 bridgehead atoms. The number of thiophene rings is 1. The van der Waals surface area contributed by atoms with Gasteiger partial charge in [-0.1, -0.05) is 56.7 Å². The molecule has 0 atom stereocenters. The van der Waals surface area contributed by atoms with Gasteiger partial charge >= 0.3 is 5.97 Å². The van der Waals surface area contributed by atoms with Crippen LogP contribution in [-0.4, -0.2) is 29.8 Å². The standard InChI is InChI=1S/C35H38N2O5S/c1-22(2)42-35(39)32-25-14-9-7-5-3-4-6-8-10-16-31(25)43-34(32)37-33(38)26-20-28(36-27-15-12-11-13-24(26)27)23-17-18-29-30(19-23)41-21-40-29/h11-13,15,17-20,22H,3-10,14,16,21H2,1-2H3,(H,37,38). The molecule has 0 spiro atoms. The lowest BCUT2D eigenvalue weighted by atomic mass is 9.97. The van der Waals surface area contributed by atoms with Gasteiger partial charge in [-0.3, -0.25) is 4.79 Å². The Morgan fingerprint density at radius 2 is 1.60 bits per heavy atom. The van der Waals surface area contributed by atoms with Crippen LogP contribution in [0.5, 0.6) is 11.5 Å². The molecule has 0 radical (unpaired) electrons. The van der Waals surface area contributed by atoms with Crippen LogP contribution in [0.4, 0.5) is 5.00 Å². The molecular weight excluding hydrogens is 560 g/mol. The fourth-order valence-electron chi connectivity index (χ4n) is 5.94. The Labute approximate surface area is 256 Å². The van der Waals surface area contributed by atoms with Crippen molar-refractivity contribution in [3.05, 3.63) is 70.1 Å². The second-order valence-electron chi connectivity index (χ2n) is 11.6. The second kappa shape index (κ2) is 13.2. The van der Waals surface area contributed by atoms with Crippen molar-refractivity contribution < 1.29 is 23.8 Å². The summed E-state index contributed by atoms with van der Waals surface area (Å²) in [6, 6.07) is 15.1. The average molecular weight is 599 g/mol. The number of amides is 1. The van der Waals surface area contributed by atoms with Crippen molar-refractivity contribution in [2.24, 2.45) is 0 Å². The van der Waals surface area contributed by atoms with E-state index in [0.29, 0.717) is 38.8 Å². The highest BCUT2D eigenvalue weighted by atomic mass is 32.1. The number of pyridine rings is 1. The quantitative estimate of drug-likeness (QED) is 0.231. The molecular formula is C35H38N2O5S. The van der Waals surface area contributed by atoms with Crippen LogP contribution in [0.25, 0.3) is 22.2 Å². The molecule has 1 amide bonds. The molecule has 2 aromatic heterocycles. The molecule has 4 aromatic rings. The van der Waals surface area contributed by atoms with Crippen LogP contribution in [0.1, 0.15) is 96.4 Å². The third-order valence-electron chi connectivity index (χ3n) is 8.07. The summed E-state index contributed by atoms with van der Waals surface area (Å²) in [4.78, 5) is 33.7. The molecule has 43 heavy (non-hydrogen) atoms. The van der Waals surface area contributed by atoms with E-state index in [1.165, 1.54) is 48.3 Å². The lowest BCUT2D eigenvalue weighted by Crippen LogP contribution is -2.18. The summed E-state index contributed by atoms with van der Waals surface area (Å²) in [5.41, 5.74) is 4.24. The minimum absolute atomic E-state index is 0.184. The number of para-hydroxylation sites is 1. The molecule has 0 unspecified atom stereocenters. The van der Waals surface area contributed by atoms with Gasteiger partial charge in [-0.25, -0.2) is 9.78 Å². The smallest absolute Gasteiger partial charge is 0.341 e. The second-order valence-corrected chi connectivity index (χ2v) is 12.7. The first-order valence-electron chi connectivity index (χ1n) is 15.4. The number of benzene rings is 2. The monoisotopic (exact) mass is 598 g/mol. The highest BCUT2D eigenvalue weighted by Crippen LogP contribution is 2.39. The molecule has 224 valence electrons. The minimum Gasteiger partial charge on any atom is -0.459 e. The van der Waals surface area contributed by atoms with Gasteiger partial charge in [0.25, 0.3) is 5.91 Å². The Morgan fingerprint density at radius 1 is 0.884 bits per heavy atom. The lowest BCUT2D eigenvalue weighted by molar-refractivity contribution is 0.0378. The molecule has 6 rings (SSSR count). The van der Waals surface area contributed by atoms with E-state index in [-0.39, 0.29) is 24.8 Å². The Bertz CT molecular complexity index is 1640. The molecule has 0 saturated carbocycles. The van der Waals surface area contributed by atoms with Crippen LogP contribution in [0.2, 0.25) is 0 Å². The first-order chi connectivity index (χ1) is 21.0. The van der Waals surface area contributed by atoms with E-state index in [1.54, 1.807) is 0 Å². The van der Waals surface area contributed by atoms with Crippen LogP contribution in [0, 0.1) is 0 Å². The molecule has 3 heterocycles. The summed E-state index contributed by atoms with van der Waals surface area (Å²) in [5, 5.41) is 4.47. The number of anilines is 1. The molecule has 8 heteroatoms. The predicted octanol–water partition coefficient (Wildman–Crippen LogP) is 8.73. The highest BCUT2D eigenvalue weighted by molar-refractivity contribution is 7.17. The van der Waals surface area contributed by atoms with E-state index in [4.69, 9.17) is 19.2 Å². The third kappa shape index (κ3) is 6.54. The Balaban J connectivity index is 1.39. The van der Waals surface area contributed by atoms with Crippen molar-refractivity contribution in [1.82, 2.24) is 4.98 Å². The maximum Gasteiger partial charge on any atom is 0.341 e. The lowest BCUT2D eigenvalue weighted by Gasteiger charge is -2.13. The Morgan fingerprint density at radius 3 is 2.40 bits per heavy atom. The molecule has 7 nitrogen and oxygen atoms in total. The van der Waals surface area contributed by atoms with Crippen LogP contribution >= 0.6 is 11.3 Å². The van der Waals surface area contributed by atoms with Crippen molar-refractivity contribution in [1.29, 1.82) is 0 Å². The van der Waals surface area contributed by atoms with Gasteiger partial charge < -0.3 is 19.5 Å². The van der Waals surface area contributed by atoms with Gasteiger partial charge in [0.2, 0.25) is 6.79 Å². The molecule has 0 fully saturated rings. The van der Waals surface area contributed by atoms with Gasteiger partial charge in [-0.2, -0.15) is 0 Å². The van der Waals surface area contributed by atoms with Gasteiger partial charge in [0.05, 0.1) is 28.4 Å². The molecule has 2 aromatic carbocycles. The van der Waals surface area contributed by atoms with Crippen molar-refractivity contribution in [3.63, 3.8) is 0 Å². The average Bonchev–Trinajstić information content (AvgIpc) is 3.60. The fraction of sp³-hybridized carbons (Fsp3) is 0.400. The minimum atomic E-state index is -0.365. The number of rotatable bonds is 5. The maximum absolute atomic E-state index is 14.1. The van der Waals surface area contributed by atoms with Gasteiger partial charge in [0.1, 0.15) is 5.00 Å². The van der Waals surface area contributed by atoms with E-state index in [0.717, 1.165) is 48.6 Å².